The molecule has 3 rings (SSSR count). The summed E-state index contributed by atoms with van der Waals surface area (Å²) in [5, 5.41) is 20.7. The minimum atomic E-state index is -0.321. The summed E-state index contributed by atoms with van der Waals surface area (Å²) in [5.41, 5.74) is 2.79. The minimum absolute atomic E-state index is 0.00464. The van der Waals surface area contributed by atoms with Gasteiger partial charge < -0.3 is 14.9 Å². The number of methoxy groups -OCH3 is 1. The van der Waals surface area contributed by atoms with Gasteiger partial charge in [-0.25, -0.2) is 0 Å². The van der Waals surface area contributed by atoms with Crippen LogP contribution in [0.2, 0.25) is 0 Å². The number of aromatic hydroxyl groups is 2. The van der Waals surface area contributed by atoms with Crippen LogP contribution in [0.4, 0.5) is 0 Å². The minimum Gasteiger partial charge on any atom is -0.504 e. The van der Waals surface area contributed by atoms with Gasteiger partial charge in [-0.3, -0.25) is 4.90 Å². The van der Waals surface area contributed by atoms with Gasteiger partial charge in [-0.15, -0.1) is 0 Å². The summed E-state index contributed by atoms with van der Waals surface area (Å²) in [6, 6.07) is 3.71. The van der Waals surface area contributed by atoms with Gasteiger partial charge in [0, 0.05) is 23.4 Å². The first-order valence-corrected chi connectivity index (χ1v) is 8.08. The van der Waals surface area contributed by atoms with Gasteiger partial charge in [-0.1, -0.05) is 12.1 Å². The van der Waals surface area contributed by atoms with Gasteiger partial charge in [0.25, 0.3) is 0 Å². The van der Waals surface area contributed by atoms with E-state index >= 15 is 0 Å². The molecule has 1 aromatic rings. The average Bonchev–Trinajstić information content (AvgIpc) is 2.55. The topological polar surface area (TPSA) is 52.9 Å². The monoisotopic (exact) mass is 315 g/mol. The fraction of sp³-hybridized carbons (Fsp3) is 0.474. The van der Waals surface area contributed by atoms with Crippen molar-refractivity contribution in [2.24, 2.45) is 0 Å². The normalized spacial score (nSPS) is 27.9. The van der Waals surface area contributed by atoms with Gasteiger partial charge in [0.1, 0.15) is 0 Å². The first-order chi connectivity index (χ1) is 10.9. The summed E-state index contributed by atoms with van der Waals surface area (Å²) in [4.78, 5) is 2.32. The van der Waals surface area contributed by atoms with Crippen LogP contribution in [0.25, 0.3) is 0 Å². The Kier molecular flexibility index (Phi) is 3.88. The van der Waals surface area contributed by atoms with Gasteiger partial charge in [0.2, 0.25) is 0 Å². The van der Waals surface area contributed by atoms with Crippen molar-refractivity contribution in [2.45, 2.75) is 38.1 Å². The fourth-order valence-corrected chi connectivity index (χ4v) is 4.15. The number of likely N-dealkylation sites (N-methyl/N-ethyl adjacent to an activating group) is 1. The van der Waals surface area contributed by atoms with Crippen molar-refractivity contribution in [2.75, 3.05) is 20.7 Å². The van der Waals surface area contributed by atoms with Crippen molar-refractivity contribution < 1.29 is 14.9 Å². The Morgan fingerprint density at radius 3 is 2.70 bits per heavy atom. The van der Waals surface area contributed by atoms with E-state index in [1.54, 1.807) is 13.2 Å². The van der Waals surface area contributed by atoms with E-state index < -0.39 is 0 Å². The van der Waals surface area contributed by atoms with Crippen molar-refractivity contribution in [3.05, 3.63) is 46.7 Å². The first-order valence-electron chi connectivity index (χ1n) is 8.08. The van der Waals surface area contributed by atoms with Crippen LogP contribution in [0.5, 0.6) is 11.5 Å². The Labute approximate surface area is 137 Å². The zero-order valence-electron chi connectivity index (χ0n) is 14.3. The van der Waals surface area contributed by atoms with E-state index in [4.69, 9.17) is 4.74 Å². The second kappa shape index (κ2) is 5.60. The Morgan fingerprint density at radius 1 is 1.26 bits per heavy atom. The molecule has 0 aromatic heterocycles. The van der Waals surface area contributed by atoms with Crippen LogP contribution in [0.1, 0.15) is 30.9 Å². The van der Waals surface area contributed by atoms with E-state index in [-0.39, 0.29) is 23.0 Å². The number of phenolic OH excluding ortho intramolecular Hbond substituents is 2. The van der Waals surface area contributed by atoms with Gasteiger partial charge in [0.15, 0.2) is 11.5 Å². The maximum absolute atomic E-state index is 10.6. The van der Waals surface area contributed by atoms with Crippen LogP contribution >= 0.6 is 0 Å². The molecule has 1 saturated heterocycles. The molecule has 1 aliphatic heterocycles. The highest BCUT2D eigenvalue weighted by atomic mass is 16.5. The number of allylic oxidation sites excluding steroid dienone is 3. The molecule has 23 heavy (non-hydrogen) atoms. The molecule has 4 heteroatoms. The molecule has 0 saturated carbocycles. The third-order valence-electron chi connectivity index (χ3n) is 5.59. The molecule has 0 amide bonds. The second-order valence-corrected chi connectivity index (χ2v) is 6.75. The molecular weight excluding hydrogens is 290 g/mol. The Balaban J connectivity index is 2.24. The summed E-state index contributed by atoms with van der Waals surface area (Å²) in [6.45, 7) is 5.12. The van der Waals surface area contributed by atoms with E-state index in [0.717, 1.165) is 29.9 Å². The van der Waals surface area contributed by atoms with Crippen molar-refractivity contribution in [1.29, 1.82) is 0 Å². The van der Waals surface area contributed by atoms with Crippen molar-refractivity contribution in [3.8, 4) is 11.5 Å². The number of phenols is 2. The molecule has 2 aliphatic rings. The van der Waals surface area contributed by atoms with E-state index in [0.29, 0.717) is 6.42 Å². The lowest BCUT2D eigenvalue weighted by molar-refractivity contribution is 0.167. The third-order valence-corrected chi connectivity index (χ3v) is 5.59. The lowest BCUT2D eigenvalue weighted by Crippen LogP contribution is -2.49. The number of piperidine rings is 1. The van der Waals surface area contributed by atoms with Crippen LogP contribution in [0.3, 0.4) is 0 Å². The maximum Gasteiger partial charge on any atom is 0.161 e. The first kappa shape index (κ1) is 15.9. The molecule has 1 aliphatic carbocycles. The van der Waals surface area contributed by atoms with Crippen molar-refractivity contribution in [1.82, 2.24) is 4.90 Å². The fourth-order valence-electron chi connectivity index (χ4n) is 4.15. The smallest absolute Gasteiger partial charge is 0.161 e. The summed E-state index contributed by atoms with van der Waals surface area (Å²) >= 11 is 0. The molecule has 0 spiro atoms. The molecule has 0 bridgehead atoms. The second-order valence-electron chi connectivity index (χ2n) is 6.75. The molecule has 1 aromatic carbocycles. The van der Waals surface area contributed by atoms with Crippen LogP contribution in [-0.2, 0) is 10.2 Å². The quantitative estimate of drug-likeness (QED) is 0.823. The molecule has 1 heterocycles. The Bertz CT molecular complexity index is 692. The number of fused-ring (bicyclic) bond motifs is 1. The number of rotatable bonds is 2. The number of nitrogens with zero attached hydrogens (tertiary/aromatic N) is 1. The predicted molar refractivity (Wildman–Crippen MR) is 90.7 cm³/mol. The maximum atomic E-state index is 10.6. The lowest BCUT2D eigenvalue weighted by Gasteiger charge is -2.49. The molecule has 1 fully saturated rings. The van der Waals surface area contributed by atoms with Gasteiger partial charge >= 0.3 is 0 Å². The van der Waals surface area contributed by atoms with Crippen LogP contribution in [0, 0.1) is 6.92 Å². The number of likely N-dealkylation sites (tertiary alicyclic amines) is 1. The van der Waals surface area contributed by atoms with Crippen LogP contribution in [-0.4, -0.2) is 41.9 Å². The highest BCUT2D eigenvalue weighted by Gasteiger charge is 2.47. The summed E-state index contributed by atoms with van der Waals surface area (Å²) in [7, 11) is 3.81. The SMILES string of the molecule is COC1=CC=C2C(C)N(C)CCC2(c2c(C)ccc(O)c2O)C1. The standard InChI is InChI=1S/C19H25NO3/c1-12-5-8-16(21)18(22)17(12)19-9-10-20(3)13(2)15(19)7-6-14(11-19)23-4/h5-8,13,21-22H,9-11H2,1-4H3. The Morgan fingerprint density at radius 2 is 2.00 bits per heavy atom. The van der Waals surface area contributed by atoms with Gasteiger partial charge in [0.05, 0.1) is 12.9 Å². The predicted octanol–water partition coefficient (Wildman–Crippen LogP) is 3.23. The molecule has 2 atom stereocenters. The number of aryl methyl sites for hydroxylation is 1. The third kappa shape index (κ3) is 2.32. The lowest BCUT2D eigenvalue weighted by atomic mass is 9.62. The van der Waals surface area contributed by atoms with Crippen LogP contribution in [0.15, 0.2) is 35.6 Å². The Hall–Kier alpha value is -1.94. The summed E-state index contributed by atoms with van der Waals surface area (Å²) < 4.78 is 5.52. The summed E-state index contributed by atoms with van der Waals surface area (Å²) in [5.74, 6) is 0.858. The number of benzene rings is 1. The molecule has 4 nitrogen and oxygen atoms in total. The number of ether oxygens (including phenoxy) is 1. The molecule has 0 radical (unpaired) electrons. The number of hydrogen-bond donors (Lipinski definition) is 2. The van der Waals surface area contributed by atoms with Gasteiger partial charge in [-0.2, -0.15) is 0 Å². The largest absolute Gasteiger partial charge is 0.504 e. The zero-order chi connectivity index (χ0) is 16.8. The highest BCUT2D eigenvalue weighted by molar-refractivity contribution is 5.58. The summed E-state index contributed by atoms with van der Waals surface area (Å²) in [6.07, 6.45) is 5.76. The average molecular weight is 315 g/mol. The van der Waals surface area contributed by atoms with Crippen LogP contribution < -0.4 is 0 Å². The highest BCUT2D eigenvalue weighted by Crippen LogP contribution is 2.53. The molecule has 124 valence electrons. The molecule has 2 N–H and O–H groups in total. The number of hydrogen-bond acceptors (Lipinski definition) is 4. The molecule has 2 unspecified atom stereocenters. The zero-order valence-corrected chi connectivity index (χ0v) is 14.3. The van der Waals surface area contributed by atoms with E-state index in [1.165, 1.54) is 5.57 Å². The van der Waals surface area contributed by atoms with Gasteiger partial charge in [-0.05, 0) is 57.1 Å². The van der Waals surface area contributed by atoms with E-state index in [2.05, 4.69) is 24.9 Å². The molecular formula is C19H25NO3. The van der Waals surface area contributed by atoms with Crippen molar-refractivity contribution in [3.63, 3.8) is 0 Å². The van der Waals surface area contributed by atoms with Crippen molar-refractivity contribution >= 4 is 0 Å². The van der Waals surface area contributed by atoms with E-state index in [1.807, 2.05) is 19.1 Å². The van der Waals surface area contributed by atoms with E-state index in [9.17, 15) is 10.2 Å².